The van der Waals surface area contributed by atoms with Gasteiger partial charge in [0.25, 0.3) is 0 Å². The lowest BCUT2D eigenvalue weighted by Crippen LogP contribution is -1.85. The molecule has 0 aliphatic carbocycles. The second kappa shape index (κ2) is 6.26. The van der Waals surface area contributed by atoms with Crippen molar-refractivity contribution in [3.8, 4) is 17.2 Å². The van der Waals surface area contributed by atoms with Gasteiger partial charge in [0, 0.05) is 17.2 Å². The van der Waals surface area contributed by atoms with Gasteiger partial charge in [-0.2, -0.15) is 0 Å². The first-order valence-corrected chi connectivity index (χ1v) is 6.98. The highest BCUT2D eigenvalue weighted by Gasteiger charge is 2.08. The average Bonchev–Trinajstić information content (AvgIpc) is 3.02. The SMILES string of the molecule is COc1ccccc1/C=C/c1nnc(-c2ccccc2C)o1. The molecular formula is C18H16N2O2. The third kappa shape index (κ3) is 2.91. The summed E-state index contributed by atoms with van der Waals surface area (Å²) < 4.78 is 11.0. The van der Waals surface area contributed by atoms with Crippen molar-refractivity contribution in [2.24, 2.45) is 0 Å². The summed E-state index contributed by atoms with van der Waals surface area (Å²) in [6.07, 6.45) is 3.68. The van der Waals surface area contributed by atoms with Crippen molar-refractivity contribution < 1.29 is 9.15 Å². The van der Waals surface area contributed by atoms with Crippen LogP contribution in [0.4, 0.5) is 0 Å². The van der Waals surface area contributed by atoms with Crippen molar-refractivity contribution in [2.45, 2.75) is 6.92 Å². The van der Waals surface area contributed by atoms with E-state index in [2.05, 4.69) is 10.2 Å². The molecule has 0 saturated heterocycles. The van der Waals surface area contributed by atoms with Gasteiger partial charge in [-0.25, -0.2) is 0 Å². The van der Waals surface area contributed by atoms with Crippen LogP contribution in [0.15, 0.2) is 52.9 Å². The molecule has 0 aliphatic rings. The van der Waals surface area contributed by atoms with Crippen LogP contribution >= 0.6 is 0 Å². The normalized spacial score (nSPS) is 11.0. The van der Waals surface area contributed by atoms with E-state index in [1.165, 1.54) is 0 Å². The Morgan fingerprint density at radius 1 is 0.955 bits per heavy atom. The molecule has 0 N–H and O–H groups in total. The minimum Gasteiger partial charge on any atom is -0.496 e. The third-order valence-electron chi connectivity index (χ3n) is 3.36. The van der Waals surface area contributed by atoms with Crippen LogP contribution < -0.4 is 4.74 Å². The first-order valence-electron chi connectivity index (χ1n) is 6.98. The van der Waals surface area contributed by atoms with Crippen LogP contribution in [0.3, 0.4) is 0 Å². The first kappa shape index (κ1) is 14.1. The Bertz CT molecular complexity index is 806. The molecule has 0 bridgehead atoms. The largest absolute Gasteiger partial charge is 0.496 e. The molecule has 0 atom stereocenters. The van der Waals surface area contributed by atoms with Crippen LogP contribution in [0.2, 0.25) is 0 Å². The number of rotatable bonds is 4. The molecule has 3 rings (SSSR count). The molecular weight excluding hydrogens is 276 g/mol. The number of hydrogen-bond donors (Lipinski definition) is 0. The fraction of sp³-hybridized carbons (Fsp3) is 0.111. The van der Waals surface area contributed by atoms with Crippen molar-refractivity contribution >= 4 is 12.2 Å². The molecule has 1 aromatic heterocycles. The molecule has 0 aliphatic heterocycles. The number of aryl methyl sites for hydroxylation is 1. The predicted molar refractivity (Wildman–Crippen MR) is 86.4 cm³/mol. The van der Waals surface area contributed by atoms with Gasteiger partial charge in [0.2, 0.25) is 11.8 Å². The molecule has 0 saturated carbocycles. The van der Waals surface area contributed by atoms with Gasteiger partial charge < -0.3 is 9.15 Å². The highest BCUT2D eigenvalue weighted by atomic mass is 16.5. The van der Waals surface area contributed by atoms with Gasteiger partial charge in [-0.1, -0.05) is 36.4 Å². The second-order valence-corrected chi connectivity index (χ2v) is 4.84. The quantitative estimate of drug-likeness (QED) is 0.722. The Balaban J connectivity index is 1.86. The number of aromatic nitrogens is 2. The average molecular weight is 292 g/mol. The number of ether oxygens (including phenoxy) is 1. The molecule has 4 heteroatoms. The van der Waals surface area contributed by atoms with E-state index < -0.39 is 0 Å². The maximum Gasteiger partial charge on any atom is 0.248 e. The van der Waals surface area contributed by atoms with E-state index in [4.69, 9.17) is 9.15 Å². The molecule has 2 aromatic carbocycles. The van der Waals surface area contributed by atoms with E-state index in [0.717, 1.165) is 22.4 Å². The topological polar surface area (TPSA) is 48.2 Å². The third-order valence-corrected chi connectivity index (χ3v) is 3.36. The minimum atomic E-state index is 0.462. The number of para-hydroxylation sites is 1. The molecule has 0 spiro atoms. The number of hydrogen-bond acceptors (Lipinski definition) is 4. The number of benzene rings is 2. The zero-order valence-electron chi connectivity index (χ0n) is 12.5. The van der Waals surface area contributed by atoms with Gasteiger partial charge in [0.05, 0.1) is 7.11 Å². The summed E-state index contributed by atoms with van der Waals surface area (Å²) in [5, 5.41) is 8.16. The highest BCUT2D eigenvalue weighted by Crippen LogP contribution is 2.23. The smallest absolute Gasteiger partial charge is 0.248 e. The number of nitrogens with zero attached hydrogens (tertiary/aromatic N) is 2. The van der Waals surface area contributed by atoms with E-state index in [9.17, 15) is 0 Å². The van der Waals surface area contributed by atoms with Crippen LogP contribution in [-0.4, -0.2) is 17.3 Å². The van der Waals surface area contributed by atoms with E-state index >= 15 is 0 Å². The summed E-state index contributed by atoms with van der Waals surface area (Å²) in [6.45, 7) is 2.02. The maximum absolute atomic E-state index is 5.70. The van der Waals surface area contributed by atoms with Crippen molar-refractivity contribution in [3.63, 3.8) is 0 Å². The van der Waals surface area contributed by atoms with Crippen molar-refractivity contribution in [1.82, 2.24) is 10.2 Å². The lowest BCUT2D eigenvalue weighted by molar-refractivity contribution is 0.414. The van der Waals surface area contributed by atoms with Crippen LogP contribution in [-0.2, 0) is 0 Å². The molecule has 4 nitrogen and oxygen atoms in total. The molecule has 0 unspecified atom stereocenters. The molecule has 22 heavy (non-hydrogen) atoms. The van der Waals surface area contributed by atoms with E-state index in [1.807, 2.05) is 61.5 Å². The summed E-state index contributed by atoms with van der Waals surface area (Å²) in [6, 6.07) is 15.7. The van der Waals surface area contributed by atoms with E-state index in [0.29, 0.717) is 11.8 Å². The van der Waals surface area contributed by atoms with Gasteiger partial charge in [-0.3, -0.25) is 0 Å². The molecule has 0 fully saturated rings. The highest BCUT2D eigenvalue weighted by molar-refractivity contribution is 5.70. The molecule has 1 heterocycles. The molecule has 0 amide bonds. The number of methoxy groups -OCH3 is 1. The van der Waals surface area contributed by atoms with Crippen molar-refractivity contribution in [2.75, 3.05) is 7.11 Å². The summed E-state index contributed by atoms with van der Waals surface area (Å²) in [7, 11) is 1.65. The maximum atomic E-state index is 5.70. The Hall–Kier alpha value is -2.88. The molecule has 110 valence electrons. The molecule has 0 radical (unpaired) electrons. The Kier molecular flexibility index (Phi) is 4.01. The van der Waals surface area contributed by atoms with Crippen LogP contribution in [0, 0.1) is 6.92 Å². The van der Waals surface area contributed by atoms with Crippen LogP contribution in [0.1, 0.15) is 17.0 Å². The van der Waals surface area contributed by atoms with Crippen molar-refractivity contribution in [3.05, 3.63) is 65.5 Å². The summed E-state index contributed by atoms with van der Waals surface area (Å²) in [5.74, 6) is 1.79. The Morgan fingerprint density at radius 3 is 2.55 bits per heavy atom. The Morgan fingerprint density at radius 2 is 1.73 bits per heavy atom. The summed E-state index contributed by atoms with van der Waals surface area (Å²) in [4.78, 5) is 0. The van der Waals surface area contributed by atoms with Crippen molar-refractivity contribution in [1.29, 1.82) is 0 Å². The van der Waals surface area contributed by atoms with Crippen LogP contribution in [0.5, 0.6) is 5.75 Å². The predicted octanol–water partition coefficient (Wildman–Crippen LogP) is 4.22. The van der Waals surface area contributed by atoms with E-state index in [1.54, 1.807) is 13.2 Å². The zero-order chi connectivity index (χ0) is 15.4. The van der Waals surface area contributed by atoms with Gasteiger partial charge in [-0.15, -0.1) is 10.2 Å². The lowest BCUT2D eigenvalue weighted by Gasteiger charge is -2.02. The first-order chi connectivity index (χ1) is 10.8. The lowest BCUT2D eigenvalue weighted by atomic mass is 10.1. The molecule has 3 aromatic rings. The van der Waals surface area contributed by atoms with Gasteiger partial charge in [0.1, 0.15) is 5.75 Å². The summed E-state index contributed by atoms with van der Waals surface area (Å²) >= 11 is 0. The van der Waals surface area contributed by atoms with Crippen LogP contribution in [0.25, 0.3) is 23.6 Å². The minimum absolute atomic E-state index is 0.462. The second-order valence-electron chi connectivity index (χ2n) is 4.84. The zero-order valence-corrected chi connectivity index (χ0v) is 12.5. The fourth-order valence-electron chi connectivity index (χ4n) is 2.19. The standard InChI is InChI=1S/C18H16N2O2/c1-13-7-3-5-9-15(13)18-20-19-17(22-18)12-11-14-8-4-6-10-16(14)21-2/h3-12H,1-2H3/b12-11+. The van der Waals surface area contributed by atoms with Gasteiger partial charge in [-0.05, 0) is 30.7 Å². The fourth-order valence-corrected chi connectivity index (χ4v) is 2.19. The summed E-state index contributed by atoms with van der Waals surface area (Å²) in [5.41, 5.74) is 3.01. The van der Waals surface area contributed by atoms with Gasteiger partial charge >= 0.3 is 0 Å². The monoisotopic (exact) mass is 292 g/mol. The van der Waals surface area contributed by atoms with Gasteiger partial charge in [0.15, 0.2) is 0 Å². The Labute approximate surface area is 129 Å². The van der Waals surface area contributed by atoms with E-state index in [-0.39, 0.29) is 0 Å².